The third kappa shape index (κ3) is 3.43. The van der Waals surface area contributed by atoms with Crippen molar-refractivity contribution in [1.29, 1.82) is 0 Å². The van der Waals surface area contributed by atoms with E-state index in [2.05, 4.69) is 6.58 Å². The molecule has 1 aliphatic rings. The summed E-state index contributed by atoms with van der Waals surface area (Å²) < 4.78 is 5.61. The average molecular weight is 261 g/mol. The molecule has 102 valence electrons. The Balaban J connectivity index is 1.77. The largest absolute Gasteiger partial charge is 0.480 e. The summed E-state index contributed by atoms with van der Waals surface area (Å²) in [5, 5.41) is 9.19. The Morgan fingerprint density at radius 2 is 2.21 bits per heavy atom. The number of carboxylic acid groups (broad SMARTS) is 1. The van der Waals surface area contributed by atoms with Gasteiger partial charge >= 0.3 is 5.97 Å². The van der Waals surface area contributed by atoms with Crippen LogP contribution in [0.5, 0.6) is 0 Å². The molecule has 4 heteroatoms. The Kier molecular flexibility index (Phi) is 4.71. The van der Waals surface area contributed by atoms with E-state index in [1.54, 1.807) is 6.08 Å². The molecule has 0 bridgehead atoms. The van der Waals surface area contributed by atoms with E-state index in [1.165, 1.54) is 0 Å². The van der Waals surface area contributed by atoms with E-state index in [4.69, 9.17) is 4.74 Å². The first-order chi connectivity index (χ1) is 9.22. The van der Waals surface area contributed by atoms with Crippen LogP contribution in [0.15, 0.2) is 43.0 Å². The van der Waals surface area contributed by atoms with Gasteiger partial charge < -0.3 is 9.84 Å². The molecule has 4 nitrogen and oxygen atoms in total. The predicted molar refractivity (Wildman–Crippen MR) is 72.8 cm³/mol. The van der Waals surface area contributed by atoms with Gasteiger partial charge in [-0.05, 0) is 5.56 Å². The summed E-state index contributed by atoms with van der Waals surface area (Å²) in [6, 6.07) is 9.46. The van der Waals surface area contributed by atoms with E-state index < -0.39 is 12.0 Å². The molecule has 2 atom stereocenters. The molecular weight excluding hydrogens is 242 g/mol. The Morgan fingerprint density at radius 1 is 1.47 bits per heavy atom. The van der Waals surface area contributed by atoms with Crippen LogP contribution < -0.4 is 0 Å². The molecule has 1 saturated heterocycles. The molecular formula is C15H19NO3. The first-order valence-electron chi connectivity index (χ1n) is 6.41. The molecule has 1 aromatic carbocycles. The highest BCUT2D eigenvalue weighted by Crippen LogP contribution is 2.25. The highest BCUT2D eigenvalue weighted by molar-refractivity contribution is 5.75. The first-order valence-corrected chi connectivity index (χ1v) is 6.41. The van der Waals surface area contributed by atoms with E-state index in [0.29, 0.717) is 19.8 Å². The first kappa shape index (κ1) is 13.8. The molecule has 0 unspecified atom stereocenters. The minimum absolute atomic E-state index is 0.0705. The highest BCUT2D eigenvalue weighted by atomic mass is 16.5. The van der Waals surface area contributed by atoms with Crippen molar-refractivity contribution in [3.63, 3.8) is 0 Å². The van der Waals surface area contributed by atoms with Gasteiger partial charge in [-0.15, -0.1) is 6.58 Å². The monoisotopic (exact) mass is 261 g/mol. The van der Waals surface area contributed by atoms with Crippen molar-refractivity contribution in [2.75, 3.05) is 19.7 Å². The normalized spacial score (nSPS) is 22.7. The third-order valence-corrected chi connectivity index (χ3v) is 3.37. The quantitative estimate of drug-likeness (QED) is 0.760. The van der Waals surface area contributed by atoms with Gasteiger partial charge in [0.05, 0.1) is 13.2 Å². The van der Waals surface area contributed by atoms with Crippen molar-refractivity contribution in [3.8, 4) is 0 Å². The van der Waals surface area contributed by atoms with E-state index in [1.807, 2.05) is 35.2 Å². The molecule has 2 rings (SSSR count). The Bertz CT molecular complexity index is 432. The Hall–Kier alpha value is -1.65. The van der Waals surface area contributed by atoms with Gasteiger partial charge in [-0.25, -0.2) is 0 Å². The Labute approximate surface area is 113 Å². The fourth-order valence-corrected chi connectivity index (χ4v) is 2.43. The second-order valence-electron chi connectivity index (χ2n) is 4.79. The van der Waals surface area contributed by atoms with Crippen LogP contribution >= 0.6 is 0 Å². The molecule has 0 saturated carbocycles. The zero-order chi connectivity index (χ0) is 13.7. The van der Waals surface area contributed by atoms with Crippen LogP contribution in [0, 0.1) is 5.92 Å². The molecule has 1 fully saturated rings. The maximum atomic E-state index is 11.2. The van der Waals surface area contributed by atoms with Crippen molar-refractivity contribution >= 4 is 5.97 Å². The topological polar surface area (TPSA) is 49.8 Å². The van der Waals surface area contributed by atoms with Gasteiger partial charge in [-0.2, -0.15) is 0 Å². The van der Waals surface area contributed by atoms with Crippen molar-refractivity contribution < 1.29 is 14.6 Å². The lowest BCUT2D eigenvalue weighted by Gasteiger charge is -2.44. The van der Waals surface area contributed by atoms with Gasteiger partial charge in [0, 0.05) is 19.0 Å². The van der Waals surface area contributed by atoms with Gasteiger partial charge in [0.15, 0.2) is 0 Å². The van der Waals surface area contributed by atoms with E-state index >= 15 is 0 Å². The molecule has 0 spiro atoms. The fourth-order valence-electron chi connectivity index (χ4n) is 2.43. The zero-order valence-corrected chi connectivity index (χ0v) is 10.9. The summed E-state index contributed by atoms with van der Waals surface area (Å²) >= 11 is 0. The van der Waals surface area contributed by atoms with E-state index in [-0.39, 0.29) is 5.92 Å². The SMILES string of the molecule is C=CCN1C[C@@H](COCc2ccccc2)[C@@H]1C(=O)O. The van der Waals surface area contributed by atoms with E-state index in [0.717, 1.165) is 12.1 Å². The lowest BCUT2D eigenvalue weighted by atomic mass is 9.89. The minimum Gasteiger partial charge on any atom is -0.480 e. The number of likely N-dealkylation sites (tertiary alicyclic amines) is 1. The molecule has 1 heterocycles. The summed E-state index contributed by atoms with van der Waals surface area (Å²) in [4.78, 5) is 13.1. The van der Waals surface area contributed by atoms with Crippen LogP contribution in [0.1, 0.15) is 5.56 Å². The van der Waals surface area contributed by atoms with Gasteiger partial charge in [0.2, 0.25) is 0 Å². The lowest BCUT2D eigenvalue weighted by molar-refractivity contribution is -0.155. The van der Waals surface area contributed by atoms with Crippen LogP contribution in [-0.2, 0) is 16.1 Å². The summed E-state index contributed by atoms with van der Waals surface area (Å²) in [6.07, 6.45) is 1.73. The summed E-state index contributed by atoms with van der Waals surface area (Å²) in [6.45, 7) is 6.03. The van der Waals surface area contributed by atoms with E-state index in [9.17, 15) is 9.90 Å². The standard InChI is InChI=1S/C15H19NO3/c1-2-8-16-9-13(14(16)15(17)18)11-19-10-12-6-4-3-5-7-12/h2-7,13-14H,1,8-11H2,(H,17,18)/t13-,14+/m0/s1. The molecule has 0 aromatic heterocycles. The molecule has 1 N–H and O–H groups in total. The molecule has 0 aliphatic carbocycles. The Morgan fingerprint density at radius 3 is 2.84 bits per heavy atom. The van der Waals surface area contributed by atoms with Crippen LogP contribution in [0.2, 0.25) is 0 Å². The van der Waals surface area contributed by atoms with Gasteiger partial charge in [0.25, 0.3) is 0 Å². The summed E-state index contributed by atoms with van der Waals surface area (Å²) in [5.74, 6) is -0.706. The van der Waals surface area contributed by atoms with Crippen molar-refractivity contribution in [3.05, 3.63) is 48.6 Å². The zero-order valence-electron chi connectivity index (χ0n) is 10.9. The smallest absolute Gasteiger partial charge is 0.321 e. The summed E-state index contributed by atoms with van der Waals surface area (Å²) in [5.41, 5.74) is 1.11. The maximum absolute atomic E-state index is 11.2. The number of carboxylic acids is 1. The molecule has 0 radical (unpaired) electrons. The second kappa shape index (κ2) is 6.50. The molecule has 19 heavy (non-hydrogen) atoms. The van der Waals surface area contributed by atoms with Gasteiger partial charge in [0.1, 0.15) is 6.04 Å². The maximum Gasteiger partial charge on any atom is 0.321 e. The number of carbonyl (C=O) groups is 1. The number of ether oxygens (including phenoxy) is 1. The summed E-state index contributed by atoms with van der Waals surface area (Å²) in [7, 11) is 0. The van der Waals surface area contributed by atoms with Crippen LogP contribution in [-0.4, -0.2) is 41.7 Å². The predicted octanol–water partition coefficient (Wildman–Crippen LogP) is 1.77. The highest BCUT2D eigenvalue weighted by Gasteiger charge is 2.43. The lowest BCUT2D eigenvalue weighted by Crippen LogP contribution is -2.61. The van der Waals surface area contributed by atoms with Crippen LogP contribution in [0.3, 0.4) is 0 Å². The fraction of sp³-hybridized carbons (Fsp3) is 0.400. The number of nitrogens with zero attached hydrogens (tertiary/aromatic N) is 1. The second-order valence-corrected chi connectivity index (χ2v) is 4.79. The van der Waals surface area contributed by atoms with Gasteiger partial charge in [-0.3, -0.25) is 9.69 Å². The molecule has 1 aliphatic heterocycles. The number of hydrogen-bond donors (Lipinski definition) is 1. The van der Waals surface area contributed by atoms with Crippen LogP contribution in [0.25, 0.3) is 0 Å². The van der Waals surface area contributed by atoms with Gasteiger partial charge in [-0.1, -0.05) is 36.4 Å². The number of rotatable bonds is 7. The average Bonchev–Trinajstić information content (AvgIpc) is 2.37. The van der Waals surface area contributed by atoms with Crippen LogP contribution in [0.4, 0.5) is 0 Å². The van der Waals surface area contributed by atoms with Crippen molar-refractivity contribution in [2.45, 2.75) is 12.6 Å². The number of benzene rings is 1. The van der Waals surface area contributed by atoms with Crippen molar-refractivity contribution in [2.24, 2.45) is 5.92 Å². The number of hydrogen-bond acceptors (Lipinski definition) is 3. The molecule has 1 aromatic rings. The third-order valence-electron chi connectivity index (χ3n) is 3.37. The molecule has 0 amide bonds. The van der Waals surface area contributed by atoms with Crippen molar-refractivity contribution in [1.82, 2.24) is 4.90 Å². The minimum atomic E-state index is -0.776. The number of aliphatic carboxylic acids is 1.